The molecule has 0 aromatic carbocycles. The molecule has 2 atom stereocenters. The predicted molar refractivity (Wildman–Crippen MR) is 91.9 cm³/mol. The topological polar surface area (TPSA) is 40.5 Å². The number of hydrogen-bond donors (Lipinski definition) is 2. The maximum absolute atomic E-state index is 9.01. The van der Waals surface area contributed by atoms with Gasteiger partial charge in [0.15, 0.2) is 6.29 Å². The zero-order chi connectivity index (χ0) is 14.4. The number of halogens is 1. The van der Waals surface area contributed by atoms with Gasteiger partial charge in [-0.3, -0.25) is 0 Å². The molecule has 2 fully saturated rings. The SMILES string of the molecule is OC(O)CCC(CI)CCC1CCCC2(CCCC2)C1. The van der Waals surface area contributed by atoms with Crippen molar-refractivity contribution in [3.05, 3.63) is 0 Å². The van der Waals surface area contributed by atoms with E-state index in [1.807, 2.05) is 0 Å². The van der Waals surface area contributed by atoms with E-state index in [0.29, 0.717) is 12.3 Å². The number of alkyl halides is 1. The van der Waals surface area contributed by atoms with Crippen molar-refractivity contribution in [2.24, 2.45) is 17.3 Å². The highest BCUT2D eigenvalue weighted by atomic mass is 127. The van der Waals surface area contributed by atoms with Crippen LogP contribution in [-0.2, 0) is 0 Å². The summed E-state index contributed by atoms with van der Waals surface area (Å²) in [5, 5.41) is 18.0. The zero-order valence-corrected chi connectivity index (χ0v) is 14.9. The van der Waals surface area contributed by atoms with Crippen molar-refractivity contribution in [2.75, 3.05) is 4.43 Å². The van der Waals surface area contributed by atoms with E-state index >= 15 is 0 Å². The average Bonchev–Trinajstić information content (AvgIpc) is 2.87. The largest absolute Gasteiger partial charge is 0.368 e. The van der Waals surface area contributed by atoms with Crippen molar-refractivity contribution in [1.82, 2.24) is 0 Å². The number of rotatable bonds is 7. The van der Waals surface area contributed by atoms with Crippen LogP contribution in [0.2, 0.25) is 0 Å². The van der Waals surface area contributed by atoms with Crippen molar-refractivity contribution in [3.63, 3.8) is 0 Å². The van der Waals surface area contributed by atoms with Gasteiger partial charge in [0, 0.05) is 4.43 Å². The molecule has 1 spiro atoms. The normalized spacial score (nSPS) is 27.3. The first kappa shape index (κ1) is 17.0. The van der Waals surface area contributed by atoms with Gasteiger partial charge in [0.1, 0.15) is 0 Å². The van der Waals surface area contributed by atoms with Gasteiger partial charge >= 0.3 is 0 Å². The Morgan fingerprint density at radius 3 is 2.35 bits per heavy atom. The molecular weight excluding hydrogens is 363 g/mol. The molecule has 0 bridgehead atoms. The fourth-order valence-electron chi connectivity index (χ4n) is 4.56. The molecule has 0 amide bonds. The molecular formula is C17H31IO2. The van der Waals surface area contributed by atoms with Crippen LogP contribution < -0.4 is 0 Å². The predicted octanol–water partition coefficient (Wildman–Crippen LogP) is 4.66. The minimum Gasteiger partial charge on any atom is -0.368 e. The number of hydrogen-bond acceptors (Lipinski definition) is 2. The Kier molecular flexibility index (Phi) is 7.08. The monoisotopic (exact) mass is 394 g/mol. The zero-order valence-electron chi connectivity index (χ0n) is 12.7. The fraction of sp³-hybridized carbons (Fsp3) is 1.00. The van der Waals surface area contributed by atoms with Crippen molar-refractivity contribution >= 4 is 22.6 Å². The summed E-state index contributed by atoms with van der Waals surface area (Å²) in [6, 6.07) is 0. The van der Waals surface area contributed by atoms with E-state index in [-0.39, 0.29) is 0 Å². The van der Waals surface area contributed by atoms with Gasteiger partial charge in [0.2, 0.25) is 0 Å². The third kappa shape index (κ3) is 5.13. The van der Waals surface area contributed by atoms with Gasteiger partial charge in [0.25, 0.3) is 0 Å². The van der Waals surface area contributed by atoms with Crippen LogP contribution in [0.15, 0.2) is 0 Å². The smallest absolute Gasteiger partial charge is 0.151 e. The van der Waals surface area contributed by atoms with Crippen molar-refractivity contribution in [3.8, 4) is 0 Å². The Labute approximate surface area is 137 Å². The highest BCUT2D eigenvalue weighted by molar-refractivity contribution is 14.1. The summed E-state index contributed by atoms with van der Waals surface area (Å²) in [6.45, 7) is 0. The first-order valence-electron chi connectivity index (χ1n) is 8.56. The van der Waals surface area contributed by atoms with Crippen molar-refractivity contribution < 1.29 is 10.2 Å². The second-order valence-corrected chi connectivity index (χ2v) is 8.21. The molecule has 20 heavy (non-hydrogen) atoms. The maximum atomic E-state index is 9.01. The molecule has 0 saturated heterocycles. The molecule has 3 heteroatoms. The number of aliphatic hydroxyl groups is 2. The van der Waals surface area contributed by atoms with Gasteiger partial charge in [-0.2, -0.15) is 0 Å². The van der Waals surface area contributed by atoms with Crippen LogP contribution in [0.5, 0.6) is 0 Å². The highest BCUT2D eigenvalue weighted by Crippen LogP contribution is 2.51. The van der Waals surface area contributed by atoms with Crippen LogP contribution >= 0.6 is 22.6 Å². The van der Waals surface area contributed by atoms with Gasteiger partial charge < -0.3 is 10.2 Å². The minimum atomic E-state index is -1.11. The second-order valence-electron chi connectivity index (χ2n) is 7.33. The molecule has 2 N–H and O–H groups in total. The lowest BCUT2D eigenvalue weighted by molar-refractivity contribution is -0.0486. The van der Waals surface area contributed by atoms with E-state index in [2.05, 4.69) is 22.6 Å². The molecule has 2 aliphatic carbocycles. The lowest BCUT2D eigenvalue weighted by Gasteiger charge is -2.38. The van der Waals surface area contributed by atoms with Gasteiger partial charge in [-0.25, -0.2) is 0 Å². The first-order chi connectivity index (χ1) is 9.63. The van der Waals surface area contributed by atoms with Crippen LogP contribution in [0.3, 0.4) is 0 Å². The molecule has 0 aliphatic heterocycles. The van der Waals surface area contributed by atoms with Gasteiger partial charge in [-0.05, 0) is 62.2 Å². The van der Waals surface area contributed by atoms with Crippen molar-refractivity contribution in [2.45, 2.75) is 83.3 Å². The van der Waals surface area contributed by atoms with Gasteiger partial charge in [-0.15, -0.1) is 0 Å². The molecule has 2 nitrogen and oxygen atoms in total. The van der Waals surface area contributed by atoms with Crippen LogP contribution in [0, 0.1) is 17.3 Å². The van der Waals surface area contributed by atoms with Crippen LogP contribution in [0.1, 0.15) is 77.0 Å². The Hall–Kier alpha value is 0.650. The second kappa shape index (κ2) is 8.33. The molecule has 2 aliphatic rings. The molecule has 118 valence electrons. The summed E-state index contributed by atoms with van der Waals surface area (Å²) >= 11 is 2.46. The van der Waals surface area contributed by atoms with E-state index < -0.39 is 6.29 Å². The first-order valence-corrected chi connectivity index (χ1v) is 10.1. The fourth-order valence-corrected chi connectivity index (χ4v) is 5.44. The Morgan fingerprint density at radius 2 is 1.70 bits per heavy atom. The van der Waals surface area contributed by atoms with E-state index in [4.69, 9.17) is 10.2 Å². The summed E-state index contributed by atoms with van der Waals surface area (Å²) in [5.41, 5.74) is 0.740. The van der Waals surface area contributed by atoms with E-state index in [1.165, 1.54) is 64.2 Å². The lowest BCUT2D eigenvalue weighted by atomic mass is 9.67. The van der Waals surface area contributed by atoms with Gasteiger partial charge in [0.05, 0.1) is 0 Å². The van der Waals surface area contributed by atoms with Crippen LogP contribution in [-0.4, -0.2) is 20.9 Å². The Morgan fingerprint density at radius 1 is 1.00 bits per heavy atom. The Balaban J connectivity index is 1.72. The summed E-state index contributed by atoms with van der Waals surface area (Å²) in [6.07, 6.45) is 14.9. The molecule has 0 heterocycles. The van der Waals surface area contributed by atoms with E-state index in [1.54, 1.807) is 0 Å². The molecule has 0 aromatic rings. The van der Waals surface area contributed by atoms with E-state index in [9.17, 15) is 0 Å². The Bertz CT molecular complexity index is 274. The summed E-state index contributed by atoms with van der Waals surface area (Å²) in [4.78, 5) is 0. The quantitative estimate of drug-likeness (QED) is 0.375. The standard InChI is InChI=1S/C17H31IO2/c18-13-15(7-8-16(19)20)6-5-14-4-3-11-17(12-14)9-1-2-10-17/h14-16,19-20H,1-13H2. The van der Waals surface area contributed by atoms with Crippen LogP contribution in [0.25, 0.3) is 0 Å². The third-order valence-corrected chi connectivity index (χ3v) is 6.99. The molecule has 2 unspecified atom stereocenters. The highest BCUT2D eigenvalue weighted by Gasteiger charge is 2.38. The molecule has 0 aromatic heterocycles. The molecule has 0 radical (unpaired) electrons. The average molecular weight is 394 g/mol. The summed E-state index contributed by atoms with van der Waals surface area (Å²) in [7, 11) is 0. The maximum Gasteiger partial charge on any atom is 0.151 e. The summed E-state index contributed by atoms with van der Waals surface area (Å²) < 4.78 is 1.16. The summed E-state index contributed by atoms with van der Waals surface area (Å²) in [5.74, 6) is 1.63. The van der Waals surface area contributed by atoms with Gasteiger partial charge in [-0.1, -0.05) is 54.7 Å². The van der Waals surface area contributed by atoms with Crippen molar-refractivity contribution in [1.29, 1.82) is 0 Å². The van der Waals surface area contributed by atoms with Crippen LogP contribution in [0.4, 0.5) is 0 Å². The lowest BCUT2D eigenvalue weighted by Crippen LogP contribution is -2.26. The van der Waals surface area contributed by atoms with E-state index in [0.717, 1.165) is 22.2 Å². The minimum absolute atomic E-state index is 0.544. The number of aliphatic hydroxyl groups excluding tert-OH is 1. The third-order valence-electron chi connectivity index (χ3n) is 5.74. The molecule has 2 rings (SSSR count). The molecule has 2 saturated carbocycles.